The number of carboxylic acids is 1. The minimum Gasteiger partial charge on any atom is -0.480 e. The van der Waals surface area contributed by atoms with Crippen molar-refractivity contribution < 1.29 is 19.5 Å². The number of primary amides is 1. The molecule has 0 radical (unpaired) electrons. The predicted octanol–water partition coefficient (Wildman–Crippen LogP) is -0.558. The van der Waals surface area contributed by atoms with Crippen LogP contribution >= 0.6 is 0 Å². The number of urea groups is 1. The van der Waals surface area contributed by atoms with E-state index in [4.69, 9.17) is 10.8 Å². The summed E-state index contributed by atoms with van der Waals surface area (Å²) in [6.07, 6.45) is 1.01. The number of carbonyl (C=O) groups is 3. The van der Waals surface area contributed by atoms with Gasteiger partial charge in [-0.2, -0.15) is 0 Å². The quantitative estimate of drug-likeness (QED) is 0.583. The first-order valence-corrected chi connectivity index (χ1v) is 7.23. The average molecular weight is 300 g/mol. The first kappa shape index (κ1) is 17.2. The minimum absolute atomic E-state index is 0.00616. The van der Waals surface area contributed by atoms with E-state index >= 15 is 0 Å². The van der Waals surface area contributed by atoms with Crippen molar-refractivity contribution in [1.29, 1.82) is 0 Å². The van der Waals surface area contributed by atoms with Crippen LogP contribution in [-0.2, 0) is 9.59 Å². The van der Waals surface area contributed by atoms with Gasteiger partial charge in [-0.15, -0.1) is 0 Å². The van der Waals surface area contributed by atoms with Gasteiger partial charge in [0.15, 0.2) is 0 Å². The smallest absolute Gasteiger partial charge is 0.326 e. The molecule has 120 valence electrons. The van der Waals surface area contributed by atoms with Gasteiger partial charge in [0.1, 0.15) is 6.04 Å². The van der Waals surface area contributed by atoms with Crippen LogP contribution in [0, 0.1) is 0 Å². The first-order chi connectivity index (χ1) is 9.93. The Hall–Kier alpha value is -1.83. The molecule has 1 atom stereocenters. The maximum absolute atomic E-state index is 12.0. The van der Waals surface area contributed by atoms with E-state index in [1.807, 2.05) is 0 Å². The average Bonchev–Trinajstić information content (AvgIpc) is 2.43. The van der Waals surface area contributed by atoms with Crippen molar-refractivity contribution in [2.45, 2.75) is 32.2 Å². The van der Waals surface area contributed by atoms with Gasteiger partial charge in [-0.25, -0.2) is 9.59 Å². The fourth-order valence-electron chi connectivity index (χ4n) is 2.28. The molecule has 1 heterocycles. The van der Waals surface area contributed by atoms with Crippen LogP contribution in [-0.4, -0.2) is 71.6 Å². The van der Waals surface area contributed by atoms with Crippen molar-refractivity contribution in [2.75, 3.05) is 32.7 Å². The molecule has 0 bridgehead atoms. The molecule has 1 aliphatic heterocycles. The zero-order chi connectivity index (χ0) is 15.8. The number of nitrogens with zero attached hydrogens (tertiary/aromatic N) is 2. The van der Waals surface area contributed by atoms with Gasteiger partial charge in [-0.05, 0) is 19.4 Å². The van der Waals surface area contributed by atoms with Gasteiger partial charge >= 0.3 is 12.0 Å². The summed E-state index contributed by atoms with van der Waals surface area (Å²) in [4.78, 5) is 37.7. The number of nitrogens with one attached hydrogen (secondary N) is 1. The number of rotatable bonds is 7. The molecule has 1 saturated heterocycles. The highest BCUT2D eigenvalue weighted by Gasteiger charge is 2.25. The lowest BCUT2D eigenvalue weighted by atomic mass is 10.1. The van der Waals surface area contributed by atoms with Gasteiger partial charge in [-0.1, -0.05) is 6.92 Å². The summed E-state index contributed by atoms with van der Waals surface area (Å²) in [5.41, 5.74) is 5.00. The van der Waals surface area contributed by atoms with Crippen LogP contribution in [0.25, 0.3) is 0 Å². The normalized spacial score (nSPS) is 17.3. The second-order valence-electron chi connectivity index (χ2n) is 5.17. The number of carbonyl (C=O) groups excluding carboxylic acids is 2. The van der Waals surface area contributed by atoms with Gasteiger partial charge in [0.25, 0.3) is 0 Å². The molecule has 0 aromatic heterocycles. The number of aliphatic carboxylic acids is 1. The second kappa shape index (κ2) is 8.46. The maximum Gasteiger partial charge on any atom is 0.326 e. The van der Waals surface area contributed by atoms with Crippen LogP contribution in [0.5, 0.6) is 0 Å². The zero-order valence-corrected chi connectivity index (χ0v) is 12.4. The summed E-state index contributed by atoms with van der Waals surface area (Å²) in [7, 11) is 0. The number of hydrogen-bond acceptors (Lipinski definition) is 4. The Balaban J connectivity index is 2.43. The van der Waals surface area contributed by atoms with Crippen LogP contribution in [0.15, 0.2) is 0 Å². The summed E-state index contributed by atoms with van der Waals surface area (Å²) in [6, 6.07) is -1.48. The molecule has 1 fully saturated rings. The number of piperazine rings is 1. The highest BCUT2D eigenvalue weighted by atomic mass is 16.4. The Morgan fingerprint density at radius 1 is 1.24 bits per heavy atom. The van der Waals surface area contributed by atoms with Gasteiger partial charge in [-0.3, -0.25) is 9.69 Å². The molecule has 3 amide bonds. The Labute approximate surface area is 124 Å². The SMILES string of the molecule is CCCN1CCN(C(=O)N[C@H](CCC(N)=O)C(=O)O)CC1. The molecule has 0 unspecified atom stereocenters. The predicted molar refractivity (Wildman–Crippen MR) is 76.7 cm³/mol. The van der Waals surface area contributed by atoms with E-state index in [9.17, 15) is 14.4 Å². The fraction of sp³-hybridized carbons (Fsp3) is 0.769. The summed E-state index contributed by atoms with van der Waals surface area (Å²) < 4.78 is 0. The number of amides is 3. The second-order valence-corrected chi connectivity index (χ2v) is 5.17. The fourth-order valence-corrected chi connectivity index (χ4v) is 2.28. The lowest BCUT2D eigenvalue weighted by molar-refractivity contribution is -0.139. The summed E-state index contributed by atoms with van der Waals surface area (Å²) in [6.45, 7) is 5.85. The molecule has 1 aliphatic rings. The molecule has 21 heavy (non-hydrogen) atoms. The molecule has 8 heteroatoms. The topological polar surface area (TPSA) is 116 Å². The standard InChI is InChI=1S/C13H24N4O4/c1-2-5-16-6-8-17(9-7-16)13(21)15-10(12(19)20)3-4-11(14)18/h10H,2-9H2,1H3,(H2,14,18)(H,15,21)(H,19,20)/t10-/m1/s1. The number of nitrogens with two attached hydrogens (primary N) is 1. The summed E-state index contributed by atoms with van der Waals surface area (Å²) >= 11 is 0. The number of hydrogen-bond donors (Lipinski definition) is 3. The van der Waals surface area contributed by atoms with Crippen LogP contribution in [0.1, 0.15) is 26.2 Å². The highest BCUT2D eigenvalue weighted by Crippen LogP contribution is 2.04. The van der Waals surface area contributed by atoms with E-state index in [1.54, 1.807) is 4.90 Å². The molecule has 0 aromatic carbocycles. The Bertz CT molecular complexity index is 380. The maximum atomic E-state index is 12.0. The molecule has 0 spiro atoms. The molecular weight excluding hydrogens is 276 g/mol. The van der Waals surface area contributed by atoms with E-state index in [1.165, 1.54) is 0 Å². The van der Waals surface area contributed by atoms with E-state index in [2.05, 4.69) is 17.1 Å². The van der Waals surface area contributed by atoms with Crippen LogP contribution < -0.4 is 11.1 Å². The van der Waals surface area contributed by atoms with Gasteiger partial charge in [0.2, 0.25) is 5.91 Å². The van der Waals surface area contributed by atoms with Crippen molar-refractivity contribution in [3.05, 3.63) is 0 Å². The van der Waals surface area contributed by atoms with Crippen molar-refractivity contribution in [2.24, 2.45) is 5.73 Å². The third-order valence-corrected chi connectivity index (χ3v) is 3.47. The van der Waals surface area contributed by atoms with Crippen molar-refractivity contribution in [3.8, 4) is 0 Å². The van der Waals surface area contributed by atoms with E-state index in [0.717, 1.165) is 26.1 Å². The monoisotopic (exact) mass is 300 g/mol. The zero-order valence-electron chi connectivity index (χ0n) is 12.4. The molecule has 0 aliphatic carbocycles. The highest BCUT2D eigenvalue weighted by molar-refractivity contribution is 5.83. The molecular formula is C13H24N4O4. The minimum atomic E-state index is -1.16. The Kier molecular flexibility index (Phi) is 6.93. The molecule has 1 rings (SSSR count). The van der Waals surface area contributed by atoms with Crippen molar-refractivity contribution in [3.63, 3.8) is 0 Å². The third-order valence-electron chi connectivity index (χ3n) is 3.47. The van der Waals surface area contributed by atoms with Gasteiger partial charge in [0.05, 0.1) is 0 Å². The Morgan fingerprint density at radius 2 is 1.86 bits per heavy atom. The van der Waals surface area contributed by atoms with E-state index in [-0.39, 0.29) is 12.8 Å². The first-order valence-electron chi connectivity index (χ1n) is 7.23. The molecule has 0 saturated carbocycles. The Morgan fingerprint density at radius 3 is 2.33 bits per heavy atom. The van der Waals surface area contributed by atoms with Gasteiger partial charge < -0.3 is 21.1 Å². The van der Waals surface area contributed by atoms with E-state index in [0.29, 0.717) is 13.1 Å². The van der Waals surface area contributed by atoms with Crippen LogP contribution in [0.2, 0.25) is 0 Å². The van der Waals surface area contributed by atoms with Crippen molar-refractivity contribution >= 4 is 17.9 Å². The lowest BCUT2D eigenvalue weighted by Gasteiger charge is -2.35. The summed E-state index contributed by atoms with van der Waals surface area (Å²) in [5.74, 6) is -1.74. The molecule has 8 nitrogen and oxygen atoms in total. The third kappa shape index (κ3) is 5.99. The molecule has 4 N–H and O–H groups in total. The van der Waals surface area contributed by atoms with Crippen molar-refractivity contribution in [1.82, 2.24) is 15.1 Å². The lowest BCUT2D eigenvalue weighted by Crippen LogP contribution is -2.54. The summed E-state index contributed by atoms with van der Waals surface area (Å²) in [5, 5.41) is 11.5. The van der Waals surface area contributed by atoms with Crippen LogP contribution in [0.4, 0.5) is 4.79 Å². The van der Waals surface area contributed by atoms with Gasteiger partial charge in [0, 0.05) is 32.6 Å². The molecule has 0 aromatic rings. The van der Waals surface area contributed by atoms with Crippen LogP contribution in [0.3, 0.4) is 0 Å². The number of carboxylic acid groups (broad SMARTS) is 1. The largest absolute Gasteiger partial charge is 0.480 e. The van der Waals surface area contributed by atoms with E-state index < -0.39 is 23.9 Å².